The standard InChI is InChI=1S/C21H36N5O6P/c1-14(2)13-17(19(27)26-16(20(28)29)9-6-12-24-21(22)23)25-18(33(30,31)32)11-10-15-7-4-3-5-8-15/h3-5,7-8,14,16-18,25H,6,9-13H2,1-2H3,(H,26,27)(H,28,29)(H4,22,23,24)(H2,30,31,32)/t16-,17-,18?/m0/s1. The molecule has 0 aliphatic rings. The Morgan fingerprint density at radius 1 is 1.09 bits per heavy atom. The van der Waals surface area contributed by atoms with Crippen LogP contribution in [0.15, 0.2) is 35.3 Å². The zero-order valence-electron chi connectivity index (χ0n) is 19.1. The number of carboxylic acid groups (broad SMARTS) is 1. The van der Waals surface area contributed by atoms with Gasteiger partial charge in [-0.15, -0.1) is 0 Å². The van der Waals surface area contributed by atoms with E-state index in [-0.39, 0.29) is 37.7 Å². The number of hydrogen-bond acceptors (Lipinski definition) is 5. The summed E-state index contributed by atoms with van der Waals surface area (Å²) in [6, 6.07) is 7.08. The number of benzene rings is 1. The summed E-state index contributed by atoms with van der Waals surface area (Å²) >= 11 is 0. The number of rotatable bonds is 15. The maximum atomic E-state index is 12.9. The summed E-state index contributed by atoms with van der Waals surface area (Å²) in [4.78, 5) is 48.0. The zero-order chi connectivity index (χ0) is 25.0. The lowest BCUT2D eigenvalue weighted by Gasteiger charge is -2.28. The molecule has 0 aliphatic carbocycles. The average molecular weight is 486 g/mol. The van der Waals surface area contributed by atoms with E-state index in [0.717, 1.165) is 5.56 Å². The molecule has 0 spiro atoms. The molecular weight excluding hydrogens is 449 g/mol. The lowest BCUT2D eigenvalue weighted by atomic mass is 10.0. The Labute approximate surface area is 194 Å². The zero-order valence-corrected chi connectivity index (χ0v) is 19.9. The molecule has 0 bridgehead atoms. The molecule has 33 heavy (non-hydrogen) atoms. The Bertz CT molecular complexity index is 826. The molecular formula is C21H36N5O6P. The van der Waals surface area contributed by atoms with E-state index in [1.54, 1.807) is 0 Å². The van der Waals surface area contributed by atoms with Gasteiger partial charge in [0.05, 0.1) is 6.04 Å². The molecule has 0 aromatic heterocycles. The first-order valence-electron chi connectivity index (χ1n) is 10.8. The van der Waals surface area contributed by atoms with Crippen LogP contribution in [-0.4, -0.2) is 57.1 Å². The van der Waals surface area contributed by atoms with Gasteiger partial charge in [0.2, 0.25) is 5.91 Å². The first-order valence-corrected chi connectivity index (χ1v) is 12.5. The van der Waals surface area contributed by atoms with Gasteiger partial charge in [0, 0.05) is 6.54 Å². The van der Waals surface area contributed by atoms with E-state index in [0.29, 0.717) is 12.8 Å². The first kappa shape index (κ1) is 28.6. The monoisotopic (exact) mass is 485 g/mol. The van der Waals surface area contributed by atoms with Crippen LogP contribution in [0.25, 0.3) is 0 Å². The second-order valence-corrected chi connectivity index (χ2v) is 10.1. The number of aliphatic carboxylic acids is 1. The van der Waals surface area contributed by atoms with Crippen LogP contribution in [0.2, 0.25) is 0 Å². The fraction of sp³-hybridized carbons (Fsp3) is 0.571. The summed E-state index contributed by atoms with van der Waals surface area (Å²) in [5.41, 5.74) is 11.4. The highest BCUT2D eigenvalue weighted by atomic mass is 31.2. The topological polar surface area (TPSA) is 200 Å². The highest BCUT2D eigenvalue weighted by molar-refractivity contribution is 7.52. The van der Waals surface area contributed by atoms with Crippen LogP contribution in [-0.2, 0) is 20.6 Å². The van der Waals surface area contributed by atoms with Gasteiger partial charge in [0.1, 0.15) is 11.8 Å². The van der Waals surface area contributed by atoms with Crippen LogP contribution in [0, 0.1) is 5.92 Å². The molecule has 0 fully saturated rings. The summed E-state index contributed by atoms with van der Waals surface area (Å²) in [5, 5.41) is 14.7. The van der Waals surface area contributed by atoms with Gasteiger partial charge in [-0.2, -0.15) is 0 Å². The van der Waals surface area contributed by atoms with Crippen molar-refractivity contribution in [3.05, 3.63) is 35.9 Å². The lowest BCUT2D eigenvalue weighted by molar-refractivity contribution is -0.142. The predicted molar refractivity (Wildman–Crippen MR) is 126 cm³/mol. The molecule has 0 heterocycles. The molecule has 1 unspecified atom stereocenters. The highest BCUT2D eigenvalue weighted by Gasteiger charge is 2.34. The fourth-order valence-electron chi connectivity index (χ4n) is 3.28. The maximum Gasteiger partial charge on any atom is 0.342 e. The molecule has 1 aromatic rings. The molecule has 9 N–H and O–H groups in total. The van der Waals surface area contributed by atoms with Crippen molar-refractivity contribution in [1.82, 2.24) is 10.6 Å². The van der Waals surface area contributed by atoms with E-state index in [2.05, 4.69) is 15.6 Å². The maximum absolute atomic E-state index is 12.9. The van der Waals surface area contributed by atoms with Crippen molar-refractivity contribution in [2.24, 2.45) is 22.4 Å². The number of nitrogens with two attached hydrogens (primary N) is 2. The van der Waals surface area contributed by atoms with Crippen molar-refractivity contribution in [2.45, 2.75) is 63.8 Å². The smallest absolute Gasteiger partial charge is 0.342 e. The summed E-state index contributed by atoms with van der Waals surface area (Å²) < 4.78 is 12.1. The van der Waals surface area contributed by atoms with Gasteiger partial charge >= 0.3 is 13.6 Å². The quantitative estimate of drug-likeness (QED) is 0.0810. The van der Waals surface area contributed by atoms with E-state index in [1.165, 1.54) is 0 Å². The fourth-order valence-corrected chi connectivity index (χ4v) is 4.12. The van der Waals surface area contributed by atoms with Crippen molar-refractivity contribution in [3.63, 3.8) is 0 Å². The molecule has 1 amide bonds. The third-order valence-corrected chi connectivity index (χ3v) is 6.15. The van der Waals surface area contributed by atoms with Gasteiger partial charge in [0.25, 0.3) is 0 Å². The molecule has 0 radical (unpaired) electrons. The minimum atomic E-state index is -4.58. The van der Waals surface area contributed by atoms with Gasteiger partial charge in [-0.25, -0.2) is 4.79 Å². The number of aliphatic imine (C=N–C) groups is 1. The molecule has 186 valence electrons. The van der Waals surface area contributed by atoms with E-state index in [1.807, 2.05) is 44.2 Å². The minimum absolute atomic E-state index is 0.0185. The van der Waals surface area contributed by atoms with Crippen molar-refractivity contribution in [3.8, 4) is 0 Å². The van der Waals surface area contributed by atoms with Crippen LogP contribution in [0.1, 0.15) is 45.1 Å². The summed E-state index contributed by atoms with van der Waals surface area (Å²) in [6.45, 7) is 3.94. The number of carbonyl (C=O) groups is 2. The average Bonchev–Trinajstić information content (AvgIpc) is 2.71. The first-order chi connectivity index (χ1) is 15.4. The summed E-state index contributed by atoms with van der Waals surface area (Å²) in [6.07, 6.45) is 1.22. The molecule has 1 rings (SSSR count). The molecule has 0 saturated heterocycles. The van der Waals surface area contributed by atoms with Crippen LogP contribution in [0.4, 0.5) is 0 Å². The Hall–Kier alpha value is -2.46. The van der Waals surface area contributed by atoms with E-state index >= 15 is 0 Å². The summed E-state index contributed by atoms with van der Waals surface area (Å²) in [7, 11) is -4.58. The van der Waals surface area contributed by atoms with Crippen molar-refractivity contribution < 1.29 is 29.0 Å². The van der Waals surface area contributed by atoms with Gasteiger partial charge in [-0.05, 0) is 43.6 Å². The van der Waals surface area contributed by atoms with Crippen LogP contribution >= 0.6 is 7.60 Å². The SMILES string of the molecule is CC(C)C[C@H](NC(CCc1ccccc1)P(=O)(O)O)C(=O)N[C@@H](CCCN=C(N)N)C(=O)O. The van der Waals surface area contributed by atoms with E-state index in [4.69, 9.17) is 11.5 Å². The predicted octanol–water partition coefficient (Wildman–Crippen LogP) is 0.750. The number of guanidine groups is 1. The van der Waals surface area contributed by atoms with Crippen molar-refractivity contribution >= 4 is 25.4 Å². The van der Waals surface area contributed by atoms with Crippen LogP contribution < -0.4 is 22.1 Å². The Morgan fingerprint density at radius 2 is 1.73 bits per heavy atom. The second kappa shape index (κ2) is 13.9. The molecule has 12 heteroatoms. The van der Waals surface area contributed by atoms with E-state index < -0.39 is 37.3 Å². The molecule has 3 atom stereocenters. The Morgan fingerprint density at radius 3 is 2.24 bits per heavy atom. The lowest BCUT2D eigenvalue weighted by Crippen LogP contribution is -2.53. The number of amides is 1. The summed E-state index contributed by atoms with van der Waals surface area (Å²) in [5.74, 6) is -3.18. The molecule has 11 nitrogen and oxygen atoms in total. The third-order valence-electron chi connectivity index (χ3n) is 4.93. The second-order valence-electron chi connectivity index (χ2n) is 8.33. The normalized spacial score (nSPS) is 14.3. The largest absolute Gasteiger partial charge is 0.480 e. The van der Waals surface area contributed by atoms with Crippen molar-refractivity contribution in [1.29, 1.82) is 0 Å². The molecule has 0 saturated carbocycles. The van der Waals surface area contributed by atoms with Gasteiger partial charge in [-0.1, -0.05) is 44.2 Å². The van der Waals surface area contributed by atoms with E-state index in [9.17, 15) is 29.0 Å². The van der Waals surface area contributed by atoms with Crippen LogP contribution in [0.5, 0.6) is 0 Å². The minimum Gasteiger partial charge on any atom is -0.480 e. The third kappa shape index (κ3) is 11.8. The Balaban J connectivity index is 2.90. The Kier molecular flexibility index (Phi) is 12.1. The number of nitrogens with zero attached hydrogens (tertiary/aromatic N) is 1. The van der Waals surface area contributed by atoms with Crippen molar-refractivity contribution in [2.75, 3.05) is 6.54 Å². The molecule has 1 aromatic carbocycles. The molecule has 0 aliphatic heterocycles. The van der Waals surface area contributed by atoms with Crippen LogP contribution in [0.3, 0.4) is 0 Å². The number of nitrogens with one attached hydrogen (secondary N) is 2. The number of carboxylic acids is 1. The highest BCUT2D eigenvalue weighted by Crippen LogP contribution is 2.42. The number of hydrogen-bond donors (Lipinski definition) is 7. The van der Waals surface area contributed by atoms with Gasteiger partial charge in [0.15, 0.2) is 5.96 Å². The number of aryl methyl sites for hydroxylation is 1. The number of carbonyl (C=O) groups excluding carboxylic acids is 1. The van der Waals surface area contributed by atoms with Gasteiger partial charge in [-0.3, -0.25) is 19.7 Å². The van der Waals surface area contributed by atoms with Gasteiger partial charge < -0.3 is 31.7 Å².